The van der Waals surface area contributed by atoms with Gasteiger partial charge in [0.25, 0.3) is 11.8 Å². The number of amides is 3. The summed E-state index contributed by atoms with van der Waals surface area (Å²) in [5, 5.41) is 6.33. The summed E-state index contributed by atoms with van der Waals surface area (Å²) in [5.41, 5.74) is 0.639. The van der Waals surface area contributed by atoms with Crippen molar-refractivity contribution < 1.29 is 19.1 Å². The zero-order valence-electron chi connectivity index (χ0n) is 19.6. The van der Waals surface area contributed by atoms with Crippen molar-refractivity contribution in [2.24, 2.45) is 5.92 Å². The average molecular weight is 487 g/mol. The number of carbonyl (C=O) groups is 3. The van der Waals surface area contributed by atoms with E-state index in [0.29, 0.717) is 54.6 Å². The van der Waals surface area contributed by atoms with Crippen LogP contribution in [0.5, 0.6) is 5.75 Å². The molecule has 182 valence electrons. The molecule has 0 spiro atoms. The van der Waals surface area contributed by atoms with Gasteiger partial charge < -0.3 is 20.3 Å². The number of hydrogen-bond donors (Lipinski definition) is 2. The Labute approximate surface area is 205 Å². The lowest BCUT2D eigenvalue weighted by atomic mass is 10.0. The summed E-state index contributed by atoms with van der Waals surface area (Å²) in [6, 6.07) is 9.72. The van der Waals surface area contributed by atoms with Crippen LogP contribution < -0.4 is 15.4 Å². The quantitative estimate of drug-likeness (QED) is 0.693. The Hall–Kier alpha value is -3.13. The molecule has 34 heavy (non-hydrogen) atoms. The fraction of sp³-hybridized carbons (Fsp3) is 0.440. The van der Waals surface area contributed by atoms with E-state index in [9.17, 15) is 14.4 Å². The Morgan fingerprint density at radius 3 is 2.79 bits per heavy atom. The SMILES string of the molecule is CC(C)C[C@H]1COc2ccc(Cl)cc2C(=O)NCCCCN(C(=O)c2ccccn2)CC(=O)N1. The lowest BCUT2D eigenvalue weighted by molar-refractivity contribution is -0.122. The summed E-state index contributed by atoms with van der Waals surface area (Å²) in [4.78, 5) is 44.3. The van der Waals surface area contributed by atoms with Gasteiger partial charge in [0.1, 0.15) is 18.1 Å². The van der Waals surface area contributed by atoms with Gasteiger partial charge >= 0.3 is 0 Å². The van der Waals surface area contributed by atoms with Gasteiger partial charge in [-0.05, 0) is 55.5 Å². The number of rotatable bonds is 3. The minimum atomic E-state index is -0.303. The monoisotopic (exact) mass is 486 g/mol. The molecule has 0 unspecified atom stereocenters. The van der Waals surface area contributed by atoms with Crippen molar-refractivity contribution in [2.45, 2.75) is 39.2 Å². The van der Waals surface area contributed by atoms with Crippen LogP contribution in [0.1, 0.15) is 54.0 Å². The van der Waals surface area contributed by atoms with Crippen LogP contribution in [0, 0.1) is 5.92 Å². The van der Waals surface area contributed by atoms with Crippen molar-refractivity contribution in [1.29, 1.82) is 0 Å². The minimum absolute atomic E-state index is 0.0808. The Balaban J connectivity index is 1.82. The number of carbonyl (C=O) groups excluding carboxylic acids is 3. The van der Waals surface area contributed by atoms with E-state index >= 15 is 0 Å². The van der Waals surface area contributed by atoms with Gasteiger partial charge in [-0.15, -0.1) is 0 Å². The molecule has 1 aromatic heterocycles. The van der Waals surface area contributed by atoms with E-state index in [1.54, 1.807) is 42.6 Å². The standard InChI is InChI=1S/C25H31ClN4O4/c1-17(2)13-19-16-34-22-9-8-18(26)14-20(22)24(32)28-11-5-6-12-30(15-23(31)29-19)25(33)21-7-3-4-10-27-21/h3-4,7-10,14,17,19H,5-6,11-13,15-16H2,1-2H3,(H,28,32)(H,29,31)/t19-/m0/s1. The van der Waals surface area contributed by atoms with Crippen LogP contribution in [-0.4, -0.2) is 59.9 Å². The van der Waals surface area contributed by atoms with Crippen molar-refractivity contribution in [3.05, 3.63) is 58.9 Å². The first kappa shape index (κ1) is 25.5. The molecule has 3 rings (SSSR count). The molecule has 0 saturated heterocycles. The Morgan fingerprint density at radius 1 is 1.24 bits per heavy atom. The lowest BCUT2D eigenvalue weighted by Gasteiger charge is -2.25. The van der Waals surface area contributed by atoms with Crippen LogP contribution in [0.25, 0.3) is 0 Å². The van der Waals surface area contributed by atoms with Crippen molar-refractivity contribution in [3.8, 4) is 5.75 Å². The van der Waals surface area contributed by atoms with E-state index in [0.717, 1.165) is 0 Å². The topological polar surface area (TPSA) is 101 Å². The molecule has 8 nitrogen and oxygen atoms in total. The fourth-order valence-electron chi connectivity index (χ4n) is 3.81. The molecule has 3 amide bonds. The number of fused-ring (bicyclic) bond motifs is 1. The highest BCUT2D eigenvalue weighted by Gasteiger charge is 2.23. The second-order valence-corrected chi connectivity index (χ2v) is 9.19. The van der Waals surface area contributed by atoms with E-state index in [4.69, 9.17) is 16.3 Å². The smallest absolute Gasteiger partial charge is 0.272 e. The number of nitrogens with one attached hydrogen (secondary N) is 2. The molecule has 2 N–H and O–H groups in total. The summed E-state index contributed by atoms with van der Waals surface area (Å²) in [6.07, 6.45) is 3.47. The minimum Gasteiger partial charge on any atom is -0.491 e. The van der Waals surface area contributed by atoms with Gasteiger partial charge in [-0.1, -0.05) is 31.5 Å². The Morgan fingerprint density at radius 2 is 2.06 bits per heavy atom. The number of ether oxygens (including phenoxy) is 1. The molecule has 0 aliphatic carbocycles. The van der Waals surface area contributed by atoms with E-state index in [1.165, 1.54) is 4.90 Å². The van der Waals surface area contributed by atoms with Gasteiger partial charge in [-0.3, -0.25) is 19.4 Å². The second-order valence-electron chi connectivity index (χ2n) is 8.75. The third-order valence-electron chi connectivity index (χ3n) is 5.39. The van der Waals surface area contributed by atoms with E-state index in [2.05, 4.69) is 29.5 Å². The summed E-state index contributed by atoms with van der Waals surface area (Å²) >= 11 is 6.11. The van der Waals surface area contributed by atoms with E-state index in [-0.39, 0.29) is 42.6 Å². The summed E-state index contributed by atoms with van der Waals surface area (Å²) in [7, 11) is 0. The summed E-state index contributed by atoms with van der Waals surface area (Å²) in [6.45, 7) is 4.99. The Kier molecular flexibility index (Phi) is 9.27. The third kappa shape index (κ3) is 7.45. The van der Waals surface area contributed by atoms with Gasteiger partial charge in [0.2, 0.25) is 5.91 Å². The van der Waals surface area contributed by atoms with Crippen LogP contribution in [0.15, 0.2) is 42.6 Å². The molecule has 1 aliphatic heterocycles. The lowest BCUT2D eigenvalue weighted by Crippen LogP contribution is -2.47. The maximum atomic E-state index is 13.0. The van der Waals surface area contributed by atoms with Gasteiger partial charge in [-0.2, -0.15) is 0 Å². The molecular weight excluding hydrogens is 456 g/mol. The number of benzene rings is 1. The molecule has 1 aliphatic rings. The zero-order chi connectivity index (χ0) is 24.5. The van der Waals surface area contributed by atoms with Crippen LogP contribution in [0.3, 0.4) is 0 Å². The van der Waals surface area contributed by atoms with Gasteiger partial charge in [0.15, 0.2) is 0 Å². The first-order valence-electron chi connectivity index (χ1n) is 11.5. The highest BCUT2D eigenvalue weighted by molar-refractivity contribution is 6.31. The third-order valence-corrected chi connectivity index (χ3v) is 5.63. The largest absolute Gasteiger partial charge is 0.491 e. The normalized spacial score (nSPS) is 18.1. The second kappa shape index (κ2) is 12.4. The zero-order valence-corrected chi connectivity index (χ0v) is 20.3. The van der Waals surface area contributed by atoms with Crippen molar-refractivity contribution in [2.75, 3.05) is 26.2 Å². The van der Waals surface area contributed by atoms with E-state index in [1.807, 2.05) is 0 Å². The Bertz CT molecular complexity index is 1000. The highest BCUT2D eigenvalue weighted by atomic mass is 35.5. The van der Waals surface area contributed by atoms with Crippen molar-refractivity contribution in [3.63, 3.8) is 0 Å². The predicted molar refractivity (Wildman–Crippen MR) is 130 cm³/mol. The van der Waals surface area contributed by atoms with Gasteiger partial charge in [0, 0.05) is 24.3 Å². The molecule has 0 bridgehead atoms. The van der Waals surface area contributed by atoms with Gasteiger partial charge in [0.05, 0.1) is 18.2 Å². The molecule has 0 fully saturated rings. The predicted octanol–water partition coefficient (Wildman–Crippen LogP) is 3.31. The highest BCUT2D eigenvalue weighted by Crippen LogP contribution is 2.24. The number of hydrogen-bond acceptors (Lipinski definition) is 5. The molecular formula is C25H31ClN4O4. The summed E-state index contributed by atoms with van der Waals surface area (Å²) < 4.78 is 5.97. The fourth-order valence-corrected chi connectivity index (χ4v) is 3.98. The first-order chi connectivity index (χ1) is 16.3. The van der Waals surface area contributed by atoms with Crippen LogP contribution >= 0.6 is 11.6 Å². The molecule has 2 aromatic rings. The summed E-state index contributed by atoms with van der Waals surface area (Å²) in [5.74, 6) is -0.137. The van der Waals surface area contributed by atoms with Gasteiger partial charge in [-0.25, -0.2) is 0 Å². The average Bonchev–Trinajstić information content (AvgIpc) is 2.81. The maximum Gasteiger partial charge on any atom is 0.272 e. The molecule has 1 atom stereocenters. The van der Waals surface area contributed by atoms with Crippen LogP contribution in [0.2, 0.25) is 5.02 Å². The number of pyridine rings is 1. The first-order valence-corrected chi connectivity index (χ1v) is 11.9. The number of nitrogens with zero attached hydrogens (tertiary/aromatic N) is 2. The maximum absolute atomic E-state index is 13.0. The van der Waals surface area contributed by atoms with E-state index < -0.39 is 0 Å². The van der Waals surface area contributed by atoms with Crippen molar-refractivity contribution in [1.82, 2.24) is 20.5 Å². The molecule has 2 heterocycles. The van der Waals surface area contributed by atoms with Crippen LogP contribution in [0.4, 0.5) is 0 Å². The molecule has 9 heteroatoms. The molecule has 0 radical (unpaired) electrons. The number of aromatic nitrogens is 1. The molecule has 0 saturated carbocycles. The van der Waals surface area contributed by atoms with Crippen LogP contribution in [-0.2, 0) is 4.79 Å². The van der Waals surface area contributed by atoms with Crippen molar-refractivity contribution >= 4 is 29.3 Å². The number of halogens is 1. The molecule has 1 aromatic carbocycles.